The molecule has 1 aliphatic carbocycles. The molecule has 2 aliphatic rings. The summed E-state index contributed by atoms with van der Waals surface area (Å²) in [6, 6.07) is 9.63. The zero-order chi connectivity index (χ0) is 21.5. The summed E-state index contributed by atoms with van der Waals surface area (Å²) in [6.07, 6.45) is 14.9. The lowest BCUT2D eigenvalue weighted by molar-refractivity contribution is -0.116. The number of hydrogen-bond acceptors (Lipinski definition) is 3. The van der Waals surface area contributed by atoms with E-state index < -0.39 is 5.63 Å². The van der Waals surface area contributed by atoms with Gasteiger partial charge in [0.1, 0.15) is 5.76 Å². The first-order chi connectivity index (χ1) is 14.6. The fourth-order valence-corrected chi connectivity index (χ4v) is 3.58. The van der Waals surface area contributed by atoms with Gasteiger partial charge in [-0.1, -0.05) is 80.1 Å². The number of nitrogens with one attached hydrogen (secondary N) is 1. The number of amides is 1. The normalized spacial score (nSPS) is 17.5. The van der Waals surface area contributed by atoms with Gasteiger partial charge in [-0.25, -0.2) is 4.79 Å². The topological polar surface area (TPSA) is 59.3 Å². The highest BCUT2D eigenvalue weighted by Gasteiger charge is 2.30. The minimum Gasteiger partial charge on any atom is -0.423 e. The van der Waals surface area contributed by atoms with Crippen LogP contribution in [-0.4, -0.2) is 5.91 Å². The molecule has 0 spiro atoms. The summed E-state index contributed by atoms with van der Waals surface area (Å²) in [6.45, 7) is 6.00. The molecule has 0 saturated carbocycles. The fourth-order valence-electron chi connectivity index (χ4n) is 3.58. The first-order valence-electron chi connectivity index (χ1n) is 10.4. The van der Waals surface area contributed by atoms with E-state index in [4.69, 9.17) is 4.42 Å². The summed E-state index contributed by atoms with van der Waals surface area (Å²) >= 11 is 0. The number of anilines is 1. The maximum Gasteiger partial charge on any atom is 0.342 e. The quantitative estimate of drug-likeness (QED) is 0.668. The van der Waals surface area contributed by atoms with Gasteiger partial charge in [0, 0.05) is 19.8 Å². The van der Waals surface area contributed by atoms with Gasteiger partial charge in [-0.15, -0.1) is 0 Å². The average Bonchev–Trinajstić information content (AvgIpc) is 3.02. The van der Waals surface area contributed by atoms with Crippen LogP contribution >= 0.6 is 0 Å². The minimum absolute atomic E-state index is 0. The predicted molar refractivity (Wildman–Crippen MR) is 125 cm³/mol. The lowest BCUT2D eigenvalue weighted by atomic mass is 9.85. The first-order valence-corrected chi connectivity index (χ1v) is 10.4. The van der Waals surface area contributed by atoms with E-state index in [1.807, 2.05) is 69.3 Å². The third-order valence-electron chi connectivity index (χ3n) is 4.91. The number of benzene rings is 1. The van der Waals surface area contributed by atoms with Crippen LogP contribution in [-0.2, 0) is 4.79 Å². The van der Waals surface area contributed by atoms with Crippen LogP contribution in [0.15, 0.2) is 81.6 Å². The average molecular weight is 404 g/mol. The van der Waals surface area contributed by atoms with E-state index in [9.17, 15) is 9.59 Å². The molecule has 156 valence electrons. The molecule has 1 aliphatic heterocycles. The molecule has 1 unspecified atom stereocenters. The number of rotatable bonds is 3. The van der Waals surface area contributed by atoms with Gasteiger partial charge in [0.2, 0.25) is 5.91 Å². The van der Waals surface area contributed by atoms with E-state index in [2.05, 4.69) is 17.5 Å². The molecule has 1 aromatic heterocycles. The smallest absolute Gasteiger partial charge is 0.342 e. The van der Waals surface area contributed by atoms with Gasteiger partial charge in [-0.2, -0.15) is 0 Å². The van der Waals surface area contributed by atoms with Crippen LogP contribution < -0.4 is 10.9 Å². The number of hydrogen-bond donors (Lipinski definition) is 1. The Morgan fingerprint density at radius 1 is 1.13 bits per heavy atom. The predicted octanol–water partition coefficient (Wildman–Crippen LogP) is 6.15. The Labute approximate surface area is 178 Å². The van der Waals surface area contributed by atoms with E-state index in [1.54, 1.807) is 12.1 Å². The van der Waals surface area contributed by atoms with Crippen molar-refractivity contribution in [3.8, 4) is 0 Å². The van der Waals surface area contributed by atoms with Gasteiger partial charge in [0.05, 0.1) is 11.3 Å². The minimum atomic E-state index is -0.408. The molecule has 4 heteroatoms. The molecule has 30 heavy (non-hydrogen) atoms. The molecule has 1 amide bonds. The molecule has 4 nitrogen and oxygen atoms in total. The molecular weight excluding hydrogens is 374 g/mol. The van der Waals surface area contributed by atoms with Crippen LogP contribution in [0.5, 0.6) is 0 Å². The molecule has 0 radical (unpaired) electrons. The summed E-state index contributed by atoms with van der Waals surface area (Å²) in [5.41, 5.74) is 3.69. The maximum absolute atomic E-state index is 12.8. The van der Waals surface area contributed by atoms with Crippen LogP contribution in [0.4, 0.5) is 5.69 Å². The van der Waals surface area contributed by atoms with Crippen molar-refractivity contribution in [3.63, 3.8) is 0 Å². The van der Waals surface area contributed by atoms with Crippen molar-refractivity contribution >= 4 is 17.7 Å². The van der Waals surface area contributed by atoms with Crippen molar-refractivity contribution in [2.75, 3.05) is 5.32 Å². The fraction of sp³-hybridized carbons (Fsp3) is 0.231. The Balaban J connectivity index is 0.00000111. The number of aryl methyl sites for hydroxylation is 1. The number of allylic oxidation sites excluding steroid dienone is 7. The number of carbonyl (C=O) groups is 1. The van der Waals surface area contributed by atoms with Gasteiger partial charge >= 0.3 is 5.63 Å². The summed E-state index contributed by atoms with van der Waals surface area (Å²) in [7, 11) is 0. The van der Waals surface area contributed by atoms with Gasteiger partial charge in [0.15, 0.2) is 0 Å². The molecule has 1 aromatic carbocycles. The van der Waals surface area contributed by atoms with Gasteiger partial charge in [-0.3, -0.25) is 4.79 Å². The highest BCUT2D eigenvalue weighted by molar-refractivity contribution is 5.95. The van der Waals surface area contributed by atoms with Crippen LogP contribution in [0.3, 0.4) is 0 Å². The molecule has 0 fully saturated rings. The molecule has 4 rings (SSSR count). The Hall–Kier alpha value is -3.40. The van der Waals surface area contributed by atoms with Crippen molar-refractivity contribution < 1.29 is 10.6 Å². The molecular formula is C26H29NO3. The highest BCUT2D eigenvalue weighted by atomic mass is 16.4. The molecule has 0 bridgehead atoms. The second kappa shape index (κ2) is 9.88. The summed E-state index contributed by atoms with van der Waals surface area (Å²) in [4.78, 5) is 25.0. The highest BCUT2D eigenvalue weighted by Crippen LogP contribution is 2.35. The van der Waals surface area contributed by atoms with E-state index in [1.165, 1.54) is 0 Å². The van der Waals surface area contributed by atoms with Crippen LogP contribution in [0.2, 0.25) is 0 Å². The standard InChI is InChI=1S/C24H21NO3.C2H6.H2/c1-16-7-6-10-18(13-16)20-15-22(26)25-21-14-19(28-24(27)23(20)21)12-11-17-8-4-2-3-5-9-17;1-2;/h2,4-14,20H,3,15H2,1H3,(H,25,26);1-2H3;1H/b12-11+;;. The monoisotopic (exact) mass is 403 g/mol. The molecule has 1 N–H and O–H groups in total. The van der Waals surface area contributed by atoms with Crippen LogP contribution in [0, 0.1) is 6.92 Å². The molecule has 0 saturated heterocycles. The second-order valence-electron chi connectivity index (χ2n) is 7.05. The van der Waals surface area contributed by atoms with Crippen LogP contribution in [0.25, 0.3) is 6.08 Å². The zero-order valence-corrected chi connectivity index (χ0v) is 17.6. The van der Waals surface area contributed by atoms with Crippen molar-refractivity contribution in [1.82, 2.24) is 0 Å². The SMILES string of the molecule is CC.Cc1cccc(C2CC(=O)Nc3cc(/C=C/C4=CC=CCC=C4)oc(=O)c32)c1.[HH]. The summed E-state index contributed by atoms with van der Waals surface area (Å²) < 4.78 is 5.55. The lowest BCUT2D eigenvalue weighted by Crippen LogP contribution is -2.28. The maximum atomic E-state index is 12.8. The van der Waals surface area contributed by atoms with Crippen molar-refractivity contribution in [2.24, 2.45) is 0 Å². The Kier molecular flexibility index (Phi) is 7.02. The zero-order valence-electron chi connectivity index (χ0n) is 17.6. The van der Waals surface area contributed by atoms with Crippen LogP contribution in [0.1, 0.15) is 56.5 Å². The summed E-state index contributed by atoms with van der Waals surface area (Å²) in [5, 5.41) is 2.83. The van der Waals surface area contributed by atoms with Gasteiger partial charge in [0.25, 0.3) is 0 Å². The first kappa shape index (κ1) is 21.3. The van der Waals surface area contributed by atoms with E-state index in [0.29, 0.717) is 17.0 Å². The molecule has 1 atom stereocenters. The Bertz CT molecular complexity index is 1110. The molecule has 2 aromatic rings. The van der Waals surface area contributed by atoms with Gasteiger partial charge < -0.3 is 9.73 Å². The largest absolute Gasteiger partial charge is 0.423 e. The van der Waals surface area contributed by atoms with Crippen molar-refractivity contribution in [1.29, 1.82) is 0 Å². The number of carbonyl (C=O) groups excluding carboxylic acids is 1. The van der Waals surface area contributed by atoms with E-state index in [0.717, 1.165) is 23.1 Å². The Morgan fingerprint density at radius 3 is 2.77 bits per heavy atom. The van der Waals surface area contributed by atoms with E-state index in [-0.39, 0.29) is 19.7 Å². The second-order valence-corrected chi connectivity index (χ2v) is 7.05. The third kappa shape index (κ3) is 4.95. The van der Waals surface area contributed by atoms with E-state index >= 15 is 0 Å². The molecule has 2 heterocycles. The summed E-state index contributed by atoms with van der Waals surface area (Å²) in [5.74, 6) is 0.0196. The van der Waals surface area contributed by atoms with Crippen molar-refractivity contribution in [2.45, 2.75) is 39.5 Å². The Morgan fingerprint density at radius 2 is 1.97 bits per heavy atom. The third-order valence-corrected chi connectivity index (χ3v) is 4.91. The lowest BCUT2D eigenvalue weighted by Gasteiger charge is -2.25. The number of fused-ring (bicyclic) bond motifs is 1. The van der Waals surface area contributed by atoms with Gasteiger partial charge in [-0.05, 0) is 30.6 Å². The van der Waals surface area contributed by atoms with Crippen molar-refractivity contribution in [3.05, 3.63) is 105 Å².